The molecule has 0 N–H and O–H groups in total. The van der Waals surface area contributed by atoms with Gasteiger partial charge in [0.05, 0.1) is 34.1 Å². The van der Waals surface area contributed by atoms with Gasteiger partial charge < -0.3 is 0 Å². The first-order chi connectivity index (χ1) is 12.5. The highest BCUT2D eigenvalue weighted by Crippen LogP contribution is 2.33. The van der Waals surface area contributed by atoms with Gasteiger partial charge in [0.2, 0.25) is 0 Å². The van der Waals surface area contributed by atoms with Crippen molar-refractivity contribution < 1.29 is 0 Å². The Labute approximate surface area is 153 Å². The van der Waals surface area contributed by atoms with Crippen molar-refractivity contribution >= 4 is 21.8 Å². The molecule has 1 aromatic heterocycles. The summed E-state index contributed by atoms with van der Waals surface area (Å²) in [7, 11) is 0. The van der Waals surface area contributed by atoms with Crippen molar-refractivity contribution in [2.45, 2.75) is 26.2 Å². The molecule has 0 atom stereocenters. The SMILES string of the molecule is CC(C)(C)c1nc2ccc(C#N)cc2nc1-c1ccc2ccccc2c1. The third kappa shape index (κ3) is 2.80. The molecule has 0 saturated carbocycles. The predicted octanol–water partition coefficient (Wildman–Crippen LogP) is 5.62. The molecule has 0 bridgehead atoms. The van der Waals surface area contributed by atoms with Crippen LogP contribution < -0.4 is 0 Å². The zero-order valence-corrected chi connectivity index (χ0v) is 15.1. The smallest absolute Gasteiger partial charge is 0.0992 e. The Morgan fingerprint density at radius 1 is 0.808 bits per heavy atom. The lowest BCUT2D eigenvalue weighted by Gasteiger charge is -2.22. The van der Waals surface area contributed by atoms with Crippen LogP contribution >= 0.6 is 0 Å². The molecule has 126 valence electrons. The highest BCUT2D eigenvalue weighted by Gasteiger charge is 2.23. The Morgan fingerprint density at radius 2 is 1.58 bits per heavy atom. The largest absolute Gasteiger partial charge is 0.248 e. The van der Waals surface area contributed by atoms with Gasteiger partial charge in [0, 0.05) is 11.0 Å². The summed E-state index contributed by atoms with van der Waals surface area (Å²) < 4.78 is 0. The zero-order valence-electron chi connectivity index (χ0n) is 15.1. The highest BCUT2D eigenvalue weighted by atomic mass is 14.8. The molecule has 1 heterocycles. The minimum atomic E-state index is -0.143. The molecule has 0 spiro atoms. The summed E-state index contributed by atoms with van der Waals surface area (Å²) in [5.41, 5.74) is 4.91. The van der Waals surface area contributed by atoms with Crippen LogP contribution in [0.3, 0.4) is 0 Å². The van der Waals surface area contributed by atoms with Gasteiger partial charge in [-0.3, -0.25) is 0 Å². The van der Waals surface area contributed by atoms with Crippen LogP contribution in [0.4, 0.5) is 0 Å². The molecule has 3 nitrogen and oxygen atoms in total. The van der Waals surface area contributed by atoms with E-state index in [1.165, 1.54) is 10.8 Å². The third-order valence-electron chi connectivity index (χ3n) is 4.53. The second kappa shape index (κ2) is 5.93. The molecule has 0 aliphatic heterocycles. The Bertz CT molecular complexity index is 1180. The first kappa shape index (κ1) is 16.2. The number of fused-ring (bicyclic) bond motifs is 2. The van der Waals surface area contributed by atoms with Crippen LogP contribution in [-0.4, -0.2) is 9.97 Å². The van der Waals surface area contributed by atoms with E-state index in [4.69, 9.17) is 9.97 Å². The molecule has 3 aromatic carbocycles. The average Bonchev–Trinajstić information content (AvgIpc) is 2.65. The molecule has 0 fully saturated rings. The minimum absolute atomic E-state index is 0.143. The van der Waals surface area contributed by atoms with Crippen LogP contribution in [0, 0.1) is 11.3 Å². The minimum Gasteiger partial charge on any atom is -0.248 e. The van der Waals surface area contributed by atoms with Crippen LogP contribution in [0.5, 0.6) is 0 Å². The molecule has 26 heavy (non-hydrogen) atoms. The van der Waals surface area contributed by atoms with E-state index in [1.54, 1.807) is 12.1 Å². The maximum absolute atomic E-state index is 9.19. The molecule has 3 heteroatoms. The third-order valence-corrected chi connectivity index (χ3v) is 4.53. The van der Waals surface area contributed by atoms with Crippen molar-refractivity contribution in [3.8, 4) is 17.3 Å². The van der Waals surface area contributed by atoms with Gasteiger partial charge in [-0.1, -0.05) is 57.2 Å². The second-order valence-corrected chi connectivity index (χ2v) is 7.55. The molecule has 4 aromatic rings. The Balaban J connectivity index is 2.02. The Kier molecular flexibility index (Phi) is 3.70. The monoisotopic (exact) mass is 337 g/mol. The fourth-order valence-corrected chi connectivity index (χ4v) is 3.18. The van der Waals surface area contributed by atoms with Crippen LogP contribution in [-0.2, 0) is 5.41 Å². The van der Waals surface area contributed by atoms with Crippen molar-refractivity contribution in [2.75, 3.05) is 0 Å². The van der Waals surface area contributed by atoms with E-state index < -0.39 is 0 Å². The number of rotatable bonds is 1. The molecule has 0 aliphatic carbocycles. The standard InChI is InChI=1S/C23H19N3/c1-23(2,3)22-21(18-10-9-16-6-4-5-7-17(16)13-18)25-20-12-15(14-24)8-11-19(20)26-22/h4-13H,1-3H3. The lowest BCUT2D eigenvalue weighted by atomic mass is 9.88. The van der Waals surface area contributed by atoms with Gasteiger partial charge in [0.1, 0.15) is 0 Å². The maximum atomic E-state index is 9.19. The lowest BCUT2D eigenvalue weighted by Crippen LogP contribution is -2.16. The molecule has 0 saturated heterocycles. The number of nitriles is 1. The Morgan fingerprint density at radius 3 is 2.31 bits per heavy atom. The van der Waals surface area contributed by atoms with Crippen LogP contribution in [0.25, 0.3) is 33.1 Å². The molecule has 0 amide bonds. The number of nitrogens with zero attached hydrogens (tertiary/aromatic N) is 3. The van der Waals surface area contributed by atoms with E-state index in [2.05, 4.69) is 57.2 Å². The lowest BCUT2D eigenvalue weighted by molar-refractivity contribution is 0.571. The van der Waals surface area contributed by atoms with E-state index in [9.17, 15) is 5.26 Å². The molecule has 0 aliphatic rings. The summed E-state index contributed by atoms with van der Waals surface area (Å²) in [5.74, 6) is 0. The number of hydrogen-bond acceptors (Lipinski definition) is 3. The van der Waals surface area contributed by atoms with Crippen molar-refractivity contribution in [3.63, 3.8) is 0 Å². The van der Waals surface area contributed by atoms with E-state index in [0.717, 1.165) is 28.0 Å². The number of aromatic nitrogens is 2. The van der Waals surface area contributed by atoms with E-state index in [-0.39, 0.29) is 5.41 Å². The van der Waals surface area contributed by atoms with Gasteiger partial charge in [-0.2, -0.15) is 5.26 Å². The fraction of sp³-hybridized carbons (Fsp3) is 0.174. The van der Waals surface area contributed by atoms with Crippen molar-refractivity contribution in [1.82, 2.24) is 9.97 Å². The van der Waals surface area contributed by atoms with E-state index in [0.29, 0.717) is 5.56 Å². The molecular weight excluding hydrogens is 318 g/mol. The van der Waals surface area contributed by atoms with Crippen LogP contribution in [0.2, 0.25) is 0 Å². The van der Waals surface area contributed by atoms with Gasteiger partial charge >= 0.3 is 0 Å². The number of benzene rings is 3. The molecule has 0 unspecified atom stereocenters. The van der Waals surface area contributed by atoms with Gasteiger partial charge in [-0.25, -0.2) is 9.97 Å². The quantitative estimate of drug-likeness (QED) is 0.453. The summed E-state index contributed by atoms with van der Waals surface area (Å²) in [5, 5.41) is 11.6. The van der Waals surface area contributed by atoms with Crippen molar-refractivity contribution in [3.05, 3.63) is 71.9 Å². The van der Waals surface area contributed by atoms with Crippen LogP contribution in [0.1, 0.15) is 32.0 Å². The summed E-state index contributed by atoms with van der Waals surface area (Å²) >= 11 is 0. The summed E-state index contributed by atoms with van der Waals surface area (Å²) in [6, 6.07) is 22.3. The average molecular weight is 337 g/mol. The van der Waals surface area contributed by atoms with E-state index in [1.807, 2.05) is 18.2 Å². The van der Waals surface area contributed by atoms with Crippen LogP contribution in [0.15, 0.2) is 60.7 Å². The first-order valence-electron chi connectivity index (χ1n) is 8.67. The summed E-state index contributed by atoms with van der Waals surface area (Å²) in [6.45, 7) is 6.45. The van der Waals surface area contributed by atoms with Gasteiger partial charge in [0.15, 0.2) is 0 Å². The molecule has 4 rings (SSSR count). The number of hydrogen-bond donors (Lipinski definition) is 0. The topological polar surface area (TPSA) is 49.6 Å². The molecule has 0 radical (unpaired) electrons. The highest BCUT2D eigenvalue weighted by molar-refractivity contribution is 5.88. The second-order valence-electron chi connectivity index (χ2n) is 7.55. The predicted molar refractivity (Wildman–Crippen MR) is 106 cm³/mol. The summed E-state index contributed by atoms with van der Waals surface area (Å²) in [4.78, 5) is 9.82. The van der Waals surface area contributed by atoms with Crippen molar-refractivity contribution in [1.29, 1.82) is 5.26 Å². The van der Waals surface area contributed by atoms with Gasteiger partial charge in [-0.05, 0) is 35.0 Å². The normalized spacial score (nSPS) is 11.6. The first-order valence-corrected chi connectivity index (χ1v) is 8.67. The van der Waals surface area contributed by atoms with Crippen molar-refractivity contribution in [2.24, 2.45) is 0 Å². The van der Waals surface area contributed by atoms with Gasteiger partial charge in [0.25, 0.3) is 0 Å². The molecular formula is C23H19N3. The Hall–Kier alpha value is -3.25. The maximum Gasteiger partial charge on any atom is 0.0992 e. The zero-order chi connectivity index (χ0) is 18.3. The fourth-order valence-electron chi connectivity index (χ4n) is 3.18. The summed E-state index contributed by atoms with van der Waals surface area (Å²) in [6.07, 6.45) is 0. The van der Waals surface area contributed by atoms with E-state index >= 15 is 0 Å². The van der Waals surface area contributed by atoms with Gasteiger partial charge in [-0.15, -0.1) is 0 Å².